The van der Waals surface area contributed by atoms with Crippen LogP contribution in [-0.4, -0.2) is 0 Å². The van der Waals surface area contributed by atoms with Crippen molar-refractivity contribution in [2.75, 3.05) is 0 Å². The van der Waals surface area contributed by atoms with Crippen LogP contribution in [0.2, 0.25) is 0 Å². The topological polar surface area (TPSA) is 0 Å². The Bertz CT molecular complexity index is 838. The van der Waals surface area contributed by atoms with Crippen molar-refractivity contribution in [2.45, 2.75) is 26.2 Å². The van der Waals surface area contributed by atoms with Crippen molar-refractivity contribution in [1.29, 1.82) is 0 Å². The summed E-state index contributed by atoms with van der Waals surface area (Å²) >= 11 is 0. The molecule has 0 bridgehead atoms. The second-order valence-electron chi connectivity index (χ2n) is 6.33. The number of rotatable bonds is 0. The molecule has 0 saturated carbocycles. The molecule has 0 spiro atoms. The fraction of sp³-hybridized carbons (Fsp3) is 0.200. The summed E-state index contributed by atoms with van der Waals surface area (Å²) < 4.78 is 0. The predicted molar refractivity (Wildman–Crippen MR) is 86.2 cm³/mol. The molecule has 3 aromatic rings. The van der Waals surface area contributed by atoms with E-state index in [0.29, 0.717) is 0 Å². The molecule has 0 heteroatoms. The summed E-state index contributed by atoms with van der Waals surface area (Å²) in [6.07, 6.45) is 0. The maximum absolute atomic E-state index is 2.34. The smallest absolute Gasteiger partial charge is 0.0159 e. The standard InChI is InChI=1S/C20H18/c1-13-7-6-10-16-18(13)19-15-9-5-4-8-14(15)11-12-17(19)20(16,2)3/h4-12H,1-3H3. The molecule has 1 aliphatic rings. The fourth-order valence-electron chi connectivity index (χ4n) is 3.73. The molecule has 0 radical (unpaired) electrons. The van der Waals surface area contributed by atoms with Crippen molar-refractivity contribution < 1.29 is 0 Å². The van der Waals surface area contributed by atoms with Gasteiger partial charge in [0, 0.05) is 5.41 Å². The summed E-state index contributed by atoms with van der Waals surface area (Å²) in [5.41, 5.74) is 7.29. The van der Waals surface area contributed by atoms with E-state index in [9.17, 15) is 0 Å². The first kappa shape index (κ1) is 11.7. The Morgan fingerprint density at radius 2 is 1.45 bits per heavy atom. The third-order valence-corrected chi connectivity index (χ3v) is 4.80. The minimum atomic E-state index is 0.0979. The molecule has 1 aliphatic carbocycles. The monoisotopic (exact) mass is 258 g/mol. The van der Waals surface area contributed by atoms with Gasteiger partial charge in [0.05, 0.1) is 0 Å². The molecule has 0 heterocycles. The maximum atomic E-state index is 2.34. The lowest BCUT2D eigenvalue weighted by atomic mass is 9.82. The molecular weight excluding hydrogens is 240 g/mol. The van der Waals surface area contributed by atoms with E-state index >= 15 is 0 Å². The normalized spacial score (nSPS) is 15.2. The van der Waals surface area contributed by atoms with Crippen LogP contribution in [-0.2, 0) is 5.41 Å². The lowest BCUT2D eigenvalue weighted by molar-refractivity contribution is 0.660. The van der Waals surface area contributed by atoms with E-state index in [1.165, 1.54) is 38.6 Å². The van der Waals surface area contributed by atoms with E-state index in [2.05, 4.69) is 75.4 Å². The minimum absolute atomic E-state index is 0.0979. The van der Waals surface area contributed by atoms with E-state index in [0.717, 1.165) is 0 Å². The van der Waals surface area contributed by atoms with Gasteiger partial charge in [0.25, 0.3) is 0 Å². The molecule has 0 amide bonds. The van der Waals surface area contributed by atoms with Gasteiger partial charge in [-0.3, -0.25) is 0 Å². The Labute approximate surface area is 120 Å². The molecule has 0 N–H and O–H groups in total. The number of fused-ring (bicyclic) bond motifs is 5. The van der Waals surface area contributed by atoms with E-state index in [-0.39, 0.29) is 5.41 Å². The van der Waals surface area contributed by atoms with E-state index in [4.69, 9.17) is 0 Å². The van der Waals surface area contributed by atoms with E-state index < -0.39 is 0 Å². The highest BCUT2D eigenvalue weighted by Crippen LogP contribution is 2.52. The zero-order valence-corrected chi connectivity index (χ0v) is 12.2. The molecule has 0 atom stereocenters. The molecule has 0 saturated heterocycles. The van der Waals surface area contributed by atoms with Crippen molar-refractivity contribution in [3.8, 4) is 11.1 Å². The highest BCUT2D eigenvalue weighted by atomic mass is 14.4. The summed E-state index contributed by atoms with van der Waals surface area (Å²) in [6.45, 7) is 6.91. The van der Waals surface area contributed by atoms with Crippen LogP contribution in [0.25, 0.3) is 21.9 Å². The lowest BCUT2D eigenvalue weighted by Gasteiger charge is -2.21. The Kier molecular flexibility index (Phi) is 2.18. The Hall–Kier alpha value is -2.08. The quantitative estimate of drug-likeness (QED) is 0.502. The highest BCUT2D eigenvalue weighted by molar-refractivity contribution is 6.03. The van der Waals surface area contributed by atoms with Crippen molar-refractivity contribution in [1.82, 2.24) is 0 Å². The third-order valence-electron chi connectivity index (χ3n) is 4.80. The van der Waals surface area contributed by atoms with Gasteiger partial charge >= 0.3 is 0 Å². The van der Waals surface area contributed by atoms with Crippen LogP contribution in [0.4, 0.5) is 0 Å². The van der Waals surface area contributed by atoms with Gasteiger partial charge in [0.15, 0.2) is 0 Å². The number of benzene rings is 3. The van der Waals surface area contributed by atoms with Crippen molar-refractivity contribution in [3.05, 3.63) is 71.3 Å². The maximum Gasteiger partial charge on any atom is 0.0159 e. The van der Waals surface area contributed by atoms with Gasteiger partial charge in [-0.1, -0.05) is 68.4 Å². The van der Waals surface area contributed by atoms with Gasteiger partial charge in [-0.05, 0) is 45.5 Å². The van der Waals surface area contributed by atoms with Crippen LogP contribution in [0.15, 0.2) is 54.6 Å². The zero-order valence-electron chi connectivity index (χ0n) is 12.2. The molecule has 4 rings (SSSR count). The van der Waals surface area contributed by atoms with Crippen LogP contribution in [0.1, 0.15) is 30.5 Å². The van der Waals surface area contributed by atoms with Crippen molar-refractivity contribution >= 4 is 10.8 Å². The third kappa shape index (κ3) is 1.31. The largest absolute Gasteiger partial charge is 0.0617 e. The number of aryl methyl sites for hydroxylation is 1. The van der Waals surface area contributed by atoms with E-state index in [1.54, 1.807) is 0 Å². The molecule has 3 aromatic carbocycles. The molecule has 0 nitrogen and oxygen atoms in total. The molecule has 0 aliphatic heterocycles. The number of hydrogen-bond acceptors (Lipinski definition) is 0. The van der Waals surface area contributed by atoms with Crippen LogP contribution >= 0.6 is 0 Å². The van der Waals surface area contributed by atoms with Crippen LogP contribution in [0.3, 0.4) is 0 Å². The average Bonchev–Trinajstić information content (AvgIpc) is 2.69. The second-order valence-corrected chi connectivity index (χ2v) is 6.33. The number of hydrogen-bond donors (Lipinski definition) is 0. The summed E-state index contributed by atoms with van der Waals surface area (Å²) in [6, 6.07) is 20.0. The van der Waals surface area contributed by atoms with Gasteiger partial charge < -0.3 is 0 Å². The Morgan fingerprint density at radius 3 is 2.30 bits per heavy atom. The van der Waals surface area contributed by atoms with Gasteiger partial charge in [0.2, 0.25) is 0 Å². The van der Waals surface area contributed by atoms with Crippen LogP contribution in [0.5, 0.6) is 0 Å². The first-order valence-electron chi connectivity index (χ1n) is 7.23. The summed E-state index contributed by atoms with van der Waals surface area (Å²) in [7, 11) is 0. The Balaban J connectivity index is 2.25. The van der Waals surface area contributed by atoms with Crippen molar-refractivity contribution in [3.63, 3.8) is 0 Å². The van der Waals surface area contributed by atoms with Crippen molar-refractivity contribution in [2.24, 2.45) is 0 Å². The van der Waals surface area contributed by atoms with Gasteiger partial charge in [0.1, 0.15) is 0 Å². The Morgan fingerprint density at radius 1 is 0.700 bits per heavy atom. The average molecular weight is 258 g/mol. The van der Waals surface area contributed by atoms with Gasteiger partial charge in [-0.2, -0.15) is 0 Å². The zero-order chi connectivity index (χ0) is 13.9. The first-order valence-corrected chi connectivity index (χ1v) is 7.23. The van der Waals surface area contributed by atoms with Gasteiger partial charge in [-0.25, -0.2) is 0 Å². The van der Waals surface area contributed by atoms with Crippen LogP contribution < -0.4 is 0 Å². The highest BCUT2D eigenvalue weighted by Gasteiger charge is 2.36. The molecule has 20 heavy (non-hydrogen) atoms. The molecule has 0 fully saturated rings. The second kappa shape index (κ2) is 3.73. The predicted octanol–water partition coefficient (Wildman–Crippen LogP) is 5.45. The minimum Gasteiger partial charge on any atom is -0.0617 e. The SMILES string of the molecule is Cc1cccc2c1-c1c(ccc3ccccc13)C2(C)C. The first-order chi connectivity index (χ1) is 9.60. The molecule has 0 aromatic heterocycles. The molecule has 0 unspecified atom stereocenters. The molecule has 98 valence electrons. The summed E-state index contributed by atoms with van der Waals surface area (Å²) in [4.78, 5) is 0. The van der Waals surface area contributed by atoms with E-state index in [1.807, 2.05) is 0 Å². The van der Waals surface area contributed by atoms with Crippen LogP contribution in [0, 0.1) is 6.92 Å². The fourth-order valence-corrected chi connectivity index (χ4v) is 3.73. The lowest BCUT2D eigenvalue weighted by Crippen LogP contribution is -2.14. The molecular formula is C20H18. The summed E-state index contributed by atoms with van der Waals surface area (Å²) in [5, 5.41) is 2.71. The van der Waals surface area contributed by atoms with Gasteiger partial charge in [-0.15, -0.1) is 0 Å². The summed E-state index contributed by atoms with van der Waals surface area (Å²) in [5.74, 6) is 0.